The van der Waals surface area contributed by atoms with Crippen LogP contribution in [0, 0.1) is 0 Å². The first-order valence-corrected chi connectivity index (χ1v) is 9.62. The molecule has 3 aromatic rings. The van der Waals surface area contributed by atoms with Crippen LogP contribution in [0.5, 0.6) is 0 Å². The van der Waals surface area contributed by atoms with E-state index in [9.17, 15) is 9.59 Å². The van der Waals surface area contributed by atoms with Crippen LogP contribution in [0.2, 0.25) is 5.15 Å². The third-order valence-corrected chi connectivity index (χ3v) is 5.19. The predicted molar refractivity (Wildman–Crippen MR) is 111 cm³/mol. The molecule has 146 valence electrons. The number of carboxylic acid groups (broad SMARTS) is 1. The molecule has 0 saturated heterocycles. The second-order valence-electron chi connectivity index (χ2n) is 6.83. The Morgan fingerprint density at radius 2 is 1.79 bits per heavy atom. The Bertz CT molecular complexity index is 1110. The van der Waals surface area contributed by atoms with Crippen LogP contribution >= 0.6 is 11.6 Å². The van der Waals surface area contributed by atoms with Crippen LogP contribution < -0.4 is 0 Å². The van der Waals surface area contributed by atoms with Crippen molar-refractivity contribution in [3.05, 3.63) is 76.9 Å². The largest absolute Gasteiger partial charge is 0.481 e. The number of hydrogen-bond acceptors (Lipinski definition) is 4. The molecule has 4 rings (SSSR count). The summed E-state index contributed by atoms with van der Waals surface area (Å²) >= 11 is 6.48. The number of aromatic nitrogens is 1. The van der Waals surface area contributed by atoms with E-state index in [1.807, 2.05) is 60.7 Å². The Morgan fingerprint density at radius 1 is 1.07 bits per heavy atom. The van der Waals surface area contributed by atoms with Gasteiger partial charge in [-0.3, -0.25) is 9.59 Å². The second kappa shape index (κ2) is 8.01. The lowest BCUT2D eigenvalue weighted by Gasteiger charge is -2.22. The van der Waals surface area contributed by atoms with Gasteiger partial charge in [0.1, 0.15) is 5.15 Å². The Balaban J connectivity index is 1.73. The van der Waals surface area contributed by atoms with Gasteiger partial charge in [0, 0.05) is 23.8 Å². The van der Waals surface area contributed by atoms with Crippen LogP contribution in [0.4, 0.5) is 0 Å². The third-order valence-electron chi connectivity index (χ3n) is 4.89. The number of para-hydroxylation sites is 1. The van der Waals surface area contributed by atoms with Gasteiger partial charge >= 0.3 is 5.97 Å². The molecular formula is C22H18ClN3O3. The second-order valence-corrected chi connectivity index (χ2v) is 7.18. The summed E-state index contributed by atoms with van der Waals surface area (Å²) < 4.78 is 0. The van der Waals surface area contributed by atoms with Crippen molar-refractivity contribution in [2.75, 3.05) is 0 Å². The van der Waals surface area contributed by atoms with Crippen LogP contribution in [0.1, 0.15) is 36.4 Å². The maximum atomic E-state index is 12.8. The summed E-state index contributed by atoms with van der Waals surface area (Å²) in [6, 6.07) is 18.7. The summed E-state index contributed by atoms with van der Waals surface area (Å²) in [5.41, 5.74) is 3.13. The van der Waals surface area contributed by atoms with E-state index in [0.29, 0.717) is 17.1 Å². The SMILES string of the molecule is O=C(O)CCC(=O)N1N=C(c2ccccc2)CC1c1cc2ccccc2nc1Cl. The van der Waals surface area contributed by atoms with Crippen molar-refractivity contribution in [1.29, 1.82) is 0 Å². The molecule has 0 aliphatic carbocycles. The molecule has 7 heteroatoms. The molecule has 0 spiro atoms. The fraction of sp³-hybridized carbons (Fsp3) is 0.182. The topological polar surface area (TPSA) is 82.9 Å². The van der Waals surface area contributed by atoms with E-state index in [1.165, 1.54) is 5.01 Å². The molecule has 1 unspecified atom stereocenters. The zero-order valence-corrected chi connectivity index (χ0v) is 16.2. The summed E-state index contributed by atoms with van der Waals surface area (Å²) in [6.45, 7) is 0. The molecule has 0 saturated carbocycles. The summed E-state index contributed by atoms with van der Waals surface area (Å²) in [7, 11) is 0. The molecule has 29 heavy (non-hydrogen) atoms. The summed E-state index contributed by atoms with van der Waals surface area (Å²) in [5.74, 6) is -1.38. The maximum absolute atomic E-state index is 12.8. The lowest BCUT2D eigenvalue weighted by Crippen LogP contribution is -2.27. The van der Waals surface area contributed by atoms with E-state index in [2.05, 4.69) is 10.1 Å². The van der Waals surface area contributed by atoms with Gasteiger partial charge in [0.2, 0.25) is 5.91 Å². The van der Waals surface area contributed by atoms with Gasteiger partial charge in [0.05, 0.1) is 23.7 Å². The van der Waals surface area contributed by atoms with Crippen molar-refractivity contribution in [3.8, 4) is 0 Å². The highest BCUT2D eigenvalue weighted by Crippen LogP contribution is 2.37. The Kier molecular flexibility index (Phi) is 5.27. The smallest absolute Gasteiger partial charge is 0.303 e. The zero-order valence-electron chi connectivity index (χ0n) is 15.5. The van der Waals surface area contributed by atoms with Crippen molar-refractivity contribution in [3.63, 3.8) is 0 Å². The molecule has 2 heterocycles. The number of nitrogens with zero attached hydrogens (tertiary/aromatic N) is 3. The number of carboxylic acids is 1. The van der Waals surface area contributed by atoms with Gasteiger partial charge in [0.15, 0.2) is 0 Å². The molecule has 1 aliphatic heterocycles. The van der Waals surface area contributed by atoms with Crippen molar-refractivity contribution >= 4 is 40.1 Å². The standard InChI is InChI=1S/C22H18ClN3O3/c23-22-16(12-15-8-4-5-9-17(15)24-22)19-13-18(14-6-2-1-3-7-14)25-26(19)20(27)10-11-21(28)29/h1-9,12,19H,10-11,13H2,(H,28,29). The number of carbonyl (C=O) groups excluding carboxylic acids is 1. The molecule has 6 nitrogen and oxygen atoms in total. The van der Waals surface area contributed by atoms with Gasteiger partial charge < -0.3 is 5.11 Å². The van der Waals surface area contributed by atoms with Gasteiger partial charge in [-0.25, -0.2) is 9.99 Å². The summed E-state index contributed by atoms with van der Waals surface area (Å²) in [6.07, 6.45) is 0.0978. The van der Waals surface area contributed by atoms with E-state index in [0.717, 1.165) is 22.2 Å². The number of carbonyl (C=O) groups is 2. The predicted octanol–water partition coefficient (Wildman–Crippen LogP) is 4.43. The number of amides is 1. The molecule has 0 radical (unpaired) electrons. The molecule has 1 aromatic heterocycles. The van der Waals surface area contributed by atoms with E-state index in [4.69, 9.17) is 16.7 Å². The summed E-state index contributed by atoms with van der Waals surface area (Å²) in [4.78, 5) is 28.2. The molecule has 1 N–H and O–H groups in total. The first-order chi connectivity index (χ1) is 14.0. The first kappa shape index (κ1) is 19.1. The number of rotatable bonds is 5. The Labute approximate surface area is 172 Å². The van der Waals surface area contributed by atoms with Crippen LogP contribution in [0.3, 0.4) is 0 Å². The van der Waals surface area contributed by atoms with Gasteiger partial charge in [0.25, 0.3) is 0 Å². The van der Waals surface area contributed by atoms with E-state index < -0.39 is 12.0 Å². The normalized spacial score (nSPS) is 16.1. The molecule has 1 amide bonds. The van der Waals surface area contributed by atoms with Crippen LogP contribution in [-0.4, -0.2) is 32.7 Å². The van der Waals surface area contributed by atoms with Crippen molar-refractivity contribution in [1.82, 2.24) is 9.99 Å². The van der Waals surface area contributed by atoms with Crippen molar-refractivity contribution < 1.29 is 14.7 Å². The monoisotopic (exact) mass is 407 g/mol. The number of halogens is 1. The fourth-order valence-electron chi connectivity index (χ4n) is 3.46. The van der Waals surface area contributed by atoms with Crippen LogP contribution in [0.15, 0.2) is 65.8 Å². The number of pyridine rings is 1. The van der Waals surface area contributed by atoms with Crippen LogP contribution in [0.25, 0.3) is 10.9 Å². The van der Waals surface area contributed by atoms with Gasteiger partial charge in [-0.2, -0.15) is 5.10 Å². The van der Waals surface area contributed by atoms with Crippen LogP contribution in [-0.2, 0) is 9.59 Å². The lowest BCUT2D eigenvalue weighted by atomic mass is 9.98. The quantitative estimate of drug-likeness (QED) is 0.634. The molecule has 1 atom stereocenters. The maximum Gasteiger partial charge on any atom is 0.303 e. The summed E-state index contributed by atoms with van der Waals surface area (Å²) in [5, 5.41) is 16.1. The zero-order chi connectivity index (χ0) is 20.4. The molecular weight excluding hydrogens is 390 g/mol. The highest BCUT2D eigenvalue weighted by atomic mass is 35.5. The highest BCUT2D eigenvalue weighted by Gasteiger charge is 2.34. The van der Waals surface area contributed by atoms with Crippen molar-refractivity contribution in [2.45, 2.75) is 25.3 Å². The Hall–Kier alpha value is -3.25. The average molecular weight is 408 g/mol. The molecule has 0 bridgehead atoms. The number of aliphatic carboxylic acids is 1. The number of fused-ring (bicyclic) bond motifs is 1. The lowest BCUT2D eigenvalue weighted by molar-refractivity contribution is -0.141. The third kappa shape index (κ3) is 3.98. The fourth-order valence-corrected chi connectivity index (χ4v) is 3.73. The van der Waals surface area contributed by atoms with E-state index >= 15 is 0 Å². The number of benzene rings is 2. The molecule has 2 aromatic carbocycles. The van der Waals surface area contributed by atoms with Crippen molar-refractivity contribution in [2.24, 2.45) is 5.10 Å². The highest BCUT2D eigenvalue weighted by molar-refractivity contribution is 6.30. The minimum absolute atomic E-state index is 0.129. The molecule has 1 aliphatic rings. The van der Waals surface area contributed by atoms with E-state index in [-0.39, 0.29) is 18.7 Å². The van der Waals surface area contributed by atoms with Gasteiger partial charge in [-0.05, 0) is 17.7 Å². The first-order valence-electron chi connectivity index (χ1n) is 9.25. The Morgan fingerprint density at radius 3 is 2.55 bits per heavy atom. The van der Waals surface area contributed by atoms with Gasteiger partial charge in [-0.15, -0.1) is 0 Å². The number of hydrazone groups is 1. The average Bonchev–Trinajstić information content (AvgIpc) is 3.17. The molecule has 0 fully saturated rings. The minimum atomic E-state index is -1.02. The van der Waals surface area contributed by atoms with E-state index in [1.54, 1.807) is 0 Å². The number of hydrogen-bond donors (Lipinski definition) is 1. The minimum Gasteiger partial charge on any atom is -0.481 e. The van der Waals surface area contributed by atoms with Gasteiger partial charge in [-0.1, -0.05) is 60.1 Å².